The van der Waals surface area contributed by atoms with E-state index in [0.29, 0.717) is 10.8 Å². The van der Waals surface area contributed by atoms with Crippen LogP contribution in [-0.2, 0) is 11.8 Å². The summed E-state index contributed by atoms with van der Waals surface area (Å²) in [4.78, 5) is 12.0. The Bertz CT molecular complexity index is 801. The van der Waals surface area contributed by atoms with Crippen molar-refractivity contribution in [2.45, 2.75) is 4.34 Å². The molecule has 0 bridgehead atoms. The van der Waals surface area contributed by atoms with Gasteiger partial charge in [0.15, 0.2) is 4.34 Å². The summed E-state index contributed by atoms with van der Waals surface area (Å²) in [6.07, 6.45) is 0. The van der Waals surface area contributed by atoms with Crippen LogP contribution in [0.2, 0.25) is 5.02 Å². The Labute approximate surface area is 145 Å². The number of carbonyl (C=O) groups is 1. The molecule has 23 heavy (non-hydrogen) atoms. The van der Waals surface area contributed by atoms with Crippen LogP contribution in [0.15, 0.2) is 40.2 Å². The van der Waals surface area contributed by atoms with Crippen LogP contribution in [0.25, 0.3) is 11.3 Å². The van der Waals surface area contributed by atoms with Crippen LogP contribution in [0.3, 0.4) is 0 Å². The molecule has 0 saturated carbocycles. The summed E-state index contributed by atoms with van der Waals surface area (Å²) in [5, 5.41) is 15.5. The van der Waals surface area contributed by atoms with Gasteiger partial charge in [-0.2, -0.15) is 5.10 Å². The maximum Gasteiger partial charge on any atom is 0.235 e. The van der Waals surface area contributed by atoms with Gasteiger partial charge in [0.1, 0.15) is 11.3 Å². The third-order valence-corrected chi connectivity index (χ3v) is 5.07. The zero-order chi connectivity index (χ0) is 16.2. The molecule has 0 aliphatic carbocycles. The summed E-state index contributed by atoms with van der Waals surface area (Å²) in [6.45, 7) is 0. The first kappa shape index (κ1) is 16.0. The van der Waals surface area contributed by atoms with Gasteiger partial charge in [0, 0.05) is 23.7 Å². The second-order valence-corrected chi connectivity index (χ2v) is 7.08. The van der Waals surface area contributed by atoms with Crippen molar-refractivity contribution in [1.29, 1.82) is 0 Å². The molecule has 0 unspecified atom stereocenters. The zero-order valence-electron chi connectivity index (χ0n) is 12.1. The van der Waals surface area contributed by atoms with Crippen molar-refractivity contribution in [1.82, 2.24) is 20.0 Å². The van der Waals surface area contributed by atoms with Gasteiger partial charge in [-0.3, -0.25) is 9.48 Å². The molecule has 1 aromatic carbocycles. The smallest absolute Gasteiger partial charge is 0.235 e. The molecular weight excluding hydrogens is 354 g/mol. The molecule has 0 aliphatic rings. The minimum Gasteiger partial charge on any atom is -0.310 e. The highest BCUT2D eigenvalue weighted by atomic mass is 35.5. The minimum atomic E-state index is -0.115. The summed E-state index contributed by atoms with van der Waals surface area (Å²) in [5.74, 6) is 0.796. The number of anilines is 1. The molecule has 1 N–H and O–H groups in total. The molecule has 0 spiro atoms. The average Bonchev–Trinajstić information content (AvgIpc) is 3.17. The highest BCUT2D eigenvalue weighted by molar-refractivity contribution is 8.01. The molecule has 0 aliphatic heterocycles. The van der Waals surface area contributed by atoms with E-state index in [9.17, 15) is 4.79 Å². The van der Waals surface area contributed by atoms with E-state index in [4.69, 9.17) is 11.6 Å². The maximum absolute atomic E-state index is 12.0. The van der Waals surface area contributed by atoms with E-state index in [1.165, 1.54) is 23.1 Å². The molecular formula is C14H12ClN5OS2. The molecule has 2 aromatic heterocycles. The number of aryl methyl sites for hydroxylation is 1. The van der Waals surface area contributed by atoms with Crippen LogP contribution in [0, 0.1) is 0 Å². The standard InChI is InChI=1S/C14H12ClN5OS2/c1-20-12(17-13(21)7-22-14-18-16-8-23-14)6-11(19-20)9-2-4-10(15)5-3-9/h2-6,8H,7H2,1H3,(H,17,21). The van der Waals surface area contributed by atoms with Crippen molar-refractivity contribution in [3.8, 4) is 11.3 Å². The maximum atomic E-state index is 12.0. The number of hydrogen-bond acceptors (Lipinski definition) is 6. The lowest BCUT2D eigenvalue weighted by molar-refractivity contribution is -0.113. The van der Waals surface area contributed by atoms with Crippen molar-refractivity contribution in [3.05, 3.63) is 40.9 Å². The Balaban J connectivity index is 1.66. The lowest BCUT2D eigenvalue weighted by Gasteiger charge is -2.03. The molecule has 0 radical (unpaired) electrons. The van der Waals surface area contributed by atoms with Crippen molar-refractivity contribution >= 4 is 46.4 Å². The van der Waals surface area contributed by atoms with Gasteiger partial charge >= 0.3 is 0 Å². The SMILES string of the molecule is Cn1nc(-c2ccc(Cl)cc2)cc1NC(=O)CSc1nncs1. The summed E-state index contributed by atoms with van der Waals surface area (Å²) in [7, 11) is 1.78. The average molecular weight is 366 g/mol. The number of amides is 1. The second kappa shape index (κ2) is 7.12. The van der Waals surface area contributed by atoms with E-state index in [1.54, 1.807) is 17.2 Å². The zero-order valence-corrected chi connectivity index (χ0v) is 14.5. The number of hydrogen-bond donors (Lipinski definition) is 1. The predicted molar refractivity (Wildman–Crippen MR) is 92.9 cm³/mol. The normalized spacial score (nSPS) is 10.7. The summed E-state index contributed by atoms with van der Waals surface area (Å²) in [5.41, 5.74) is 3.35. The van der Waals surface area contributed by atoms with Crippen LogP contribution in [-0.4, -0.2) is 31.6 Å². The van der Waals surface area contributed by atoms with Gasteiger partial charge < -0.3 is 5.32 Å². The fourth-order valence-corrected chi connectivity index (χ4v) is 3.29. The lowest BCUT2D eigenvalue weighted by Crippen LogP contribution is -2.16. The number of nitrogens with one attached hydrogen (secondary N) is 1. The van der Waals surface area contributed by atoms with E-state index in [2.05, 4.69) is 20.6 Å². The van der Waals surface area contributed by atoms with Crippen LogP contribution >= 0.6 is 34.7 Å². The molecule has 118 valence electrons. The fraction of sp³-hybridized carbons (Fsp3) is 0.143. The van der Waals surface area contributed by atoms with Gasteiger partial charge in [-0.1, -0.05) is 46.8 Å². The van der Waals surface area contributed by atoms with Gasteiger partial charge in [0.25, 0.3) is 0 Å². The quantitative estimate of drug-likeness (QED) is 0.702. The van der Waals surface area contributed by atoms with Crippen molar-refractivity contribution < 1.29 is 4.79 Å². The fourth-order valence-electron chi connectivity index (χ4n) is 1.88. The van der Waals surface area contributed by atoms with E-state index < -0.39 is 0 Å². The van der Waals surface area contributed by atoms with Gasteiger partial charge in [-0.05, 0) is 12.1 Å². The van der Waals surface area contributed by atoms with E-state index in [-0.39, 0.29) is 11.7 Å². The Morgan fingerprint density at radius 3 is 2.87 bits per heavy atom. The van der Waals surface area contributed by atoms with Gasteiger partial charge in [-0.15, -0.1) is 10.2 Å². The Morgan fingerprint density at radius 2 is 2.17 bits per heavy atom. The Hall–Kier alpha value is -1.90. The summed E-state index contributed by atoms with van der Waals surface area (Å²) in [6, 6.07) is 9.23. The van der Waals surface area contributed by atoms with E-state index in [0.717, 1.165) is 15.6 Å². The third-order valence-electron chi connectivity index (χ3n) is 2.95. The molecule has 0 atom stereocenters. The first-order valence-electron chi connectivity index (χ1n) is 6.60. The van der Waals surface area contributed by atoms with Crippen LogP contribution in [0.5, 0.6) is 0 Å². The minimum absolute atomic E-state index is 0.115. The highest BCUT2D eigenvalue weighted by Gasteiger charge is 2.11. The topological polar surface area (TPSA) is 72.7 Å². The summed E-state index contributed by atoms with van der Waals surface area (Å²) < 4.78 is 2.41. The Morgan fingerprint density at radius 1 is 1.39 bits per heavy atom. The molecule has 3 rings (SSSR count). The lowest BCUT2D eigenvalue weighted by atomic mass is 10.1. The van der Waals surface area contributed by atoms with Crippen molar-refractivity contribution in [2.75, 3.05) is 11.1 Å². The molecule has 6 nitrogen and oxygen atoms in total. The number of halogens is 1. The van der Waals surface area contributed by atoms with Crippen molar-refractivity contribution in [2.24, 2.45) is 7.05 Å². The van der Waals surface area contributed by atoms with Crippen molar-refractivity contribution in [3.63, 3.8) is 0 Å². The number of nitrogens with zero attached hydrogens (tertiary/aromatic N) is 4. The molecule has 9 heteroatoms. The number of thioether (sulfide) groups is 1. The molecule has 2 heterocycles. The molecule has 0 saturated heterocycles. The highest BCUT2D eigenvalue weighted by Crippen LogP contribution is 2.24. The summed E-state index contributed by atoms with van der Waals surface area (Å²) >= 11 is 8.65. The van der Waals surface area contributed by atoms with Gasteiger partial charge in [-0.25, -0.2) is 0 Å². The molecule has 0 fully saturated rings. The number of rotatable bonds is 5. The van der Waals surface area contributed by atoms with Crippen LogP contribution < -0.4 is 5.32 Å². The largest absolute Gasteiger partial charge is 0.310 e. The Kier molecular flexibility index (Phi) is 4.94. The van der Waals surface area contributed by atoms with E-state index >= 15 is 0 Å². The first-order valence-corrected chi connectivity index (χ1v) is 8.85. The number of carbonyl (C=O) groups excluding carboxylic acids is 1. The van der Waals surface area contributed by atoms with Gasteiger partial charge in [0.05, 0.1) is 11.4 Å². The van der Waals surface area contributed by atoms with Crippen LogP contribution in [0.4, 0.5) is 5.82 Å². The van der Waals surface area contributed by atoms with E-state index in [1.807, 2.05) is 30.3 Å². The van der Waals surface area contributed by atoms with Crippen LogP contribution in [0.1, 0.15) is 0 Å². The third kappa shape index (κ3) is 4.10. The monoisotopic (exact) mass is 365 g/mol. The number of aromatic nitrogens is 4. The molecule has 3 aromatic rings. The number of benzene rings is 1. The van der Waals surface area contributed by atoms with Gasteiger partial charge in [0.2, 0.25) is 5.91 Å². The first-order chi connectivity index (χ1) is 11.1. The second-order valence-electron chi connectivity index (χ2n) is 4.59. The predicted octanol–water partition coefficient (Wildman–Crippen LogP) is 3.32. The molecule has 1 amide bonds.